The van der Waals surface area contributed by atoms with Crippen LogP contribution in [0.3, 0.4) is 0 Å². The van der Waals surface area contributed by atoms with Gasteiger partial charge in [0.25, 0.3) is 0 Å². The fourth-order valence-corrected chi connectivity index (χ4v) is 2.69. The average Bonchev–Trinajstić information content (AvgIpc) is 2.50. The summed E-state index contributed by atoms with van der Waals surface area (Å²) in [5.74, 6) is 1.86. The third kappa shape index (κ3) is 4.51. The number of aryl methyl sites for hydroxylation is 1. The van der Waals surface area contributed by atoms with E-state index in [1.165, 1.54) is 11.1 Å². The standard InChI is InChI=1S/C18H23NOS/c1-4-11-19-13-15-12-14(2)9-10-16(15)20-17-7-5-6-8-18(17)21-3/h5-10,12,19H,4,11,13H2,1-3H3. The molecule has 1 N–H and O–H groups in total. The van der Waals surface area contributed by atoms with Gasteiger partial charge in [-0.2, -0.15) is 0 Å². The van der Waals surface area contributed by atoms with Gasteiger partial charge in [-0.3, -0.25) is 0 Å². The van der Waals surface area contributed by atoms with Gasteiger partial charge in [-0.25, -0.2) is 0 Å². The highest BCUT2D eigenvalue weighted by molar-refractivity contribution is 7.98. The van der Waals surface area contributed by atoms with Crippen LogP contribution in [-0.4, -0.2) is 12.8 Å². The van der Waals surface area contributed by atoms with Crippen molar-refractivity contribution in [3.63, 3.8) is 0 Å². The predicted molar refractivity (Wildman–Crippen MR) is 91.5 cm³/mol. The maximum Gasteiger partial charge on any atom is 0.140 e. The Hall–Kier alpha value is -1.45. The highest BCUT2D eigenvalue weighted by Gasteiger charge is 2.08. The Morgan fingerprint density at radius 2 is 1.90 bits per heavy atom. The zero-order valence-electron chi connectivity index (χ0n) is 13.0. The first-order valence-electron chi connectivity index (χ1n) is 7.35. The largest absolute Gasteiger partial charge is 0.456 e. The number of rotatable bonds is 7. The van der Waals surface area contributed by atoms with E-state index >= 15 is 0 Å². The fraction of sp³-hybridized carbons (Fsp3) is 0.333. The molecule has 0 radical (unpaired) electrons. The molecule has 0 saturated carbocycles. The van der Waals surface area contributed by atoms with Crippen LogP contribution >= 0.6 is 11.8 Å². The molecule has 112 valence electrons. The van der Waals surface area contributed by atoms with E-state index in [0.29, 0.717) is 0 Å². The minimum atomic E-state index is 0.840. The van der Waals surface area contributed by atoms with Crippen molar-refractivity contribution >= 4 is 11.8 Å². The van der Waals surface area contributed by atoms with Gasteiger partial charge in [-0.1, -0.05) is 36.8 Å². The zero-order chi connectivity index (χ0) is 15.1. The molecule has 3 heteroatoms. The molecule has 2 rings (SSSR count). The second-order valence-corrected chi connectivity index (χ2v) is 5.89. The first kappa shape index (κ1) is 15.9. The first-order chi connectivity index (χ1) is 10.2. The van der Waals surface area contributed by atoms with Crippen LogP contribution in [0.25, 0.3) is 0 Å². The van der Waals surface area contributed by atoms with Crippen LogP contribution in [0.2, 0.25) is 0 Å². The summed E-state index contributed by atoms with van der Waals surface area (Å²) in [4.78, 5) is 1.16. The molecule has 2 nitrogen and oxygen atoms in total. The number of ether oxygens (including phenoxy) is 1. The van der Waals surface area contributed by atoms with E-state index in [9.17, 15) is 0 Å². The fourth-order valence-electron chi connectivity index (χ4n) is 2.17. The SMILES string of the molecule is CCCNCc1cc(C)ccc1Oc1ccccc1SC. The van der Waals surface area contributed by atoms with E-state index in [4.69, 9.17) is 4.74 Å². The average molecular weight is 301 g/mol. The van der Waals surface area contributed by atoms with Crippen molar-refractivity contribution in [2.75, 3.05) is 12.8 Å². The van der Waals surface area contributed by atoms with Gasteiger partial charge in [0, 0.05) is 17.0 Å². The molecule has 0 heterocycles. The molecule has 0 amide bonds. The maximum absolute atomic E-state index is 6.16. The van der Waals surface area contributed by atoms with Crippen molar-refractivity contribution in [3.05, 3.63) is 53.6 Å². The summed E-state index contributed by atoms with van der Waals surface area (Å²) >= 11 is 1.70. The summed E-state index contributed by atoms with van der Waals surface area (Å²) in [6.45, 7) is 6.15. The molecule has 0 bridgehead atoms. The van der Waals surface area contributed by atoms with Gasteiger partial charge in [-0.15, -0.1) is 11.8 Å². The molecule has 0 fully saturated rings. The molecule has 0 unspecified atom stereocenters. The van der Waals surface area contributed by atoms with Gasteiger partial charge in [-0.05, 0) is 44.3 Å². The van der Waals surface area contributed by atoms with E-state index in [1.807, 2.05) is 18.2 Å². The van der Waals surface area contributed by atoms with Crippen LogP contribution in [0.4, 0.5) is 0 Å². The molecule has 0 aliphatic carbocycles. The molecule has 0 atom stereocenters. The van der Waals surface area contributed by atoms with E-state index < -0.39 is 0 Å². The minimum absolute atomic E-state index is 0.840. The van der Waals surface area contributed by atoms with Gasteiger partial charge in [0.1, 0.15) is 11.5 Å². The molecular formula is C18H23NOS. The summed E-state index contributed by atoms with van der Waals surface area (Å²) in [6, 6.07) is 14.5. The van der Waals surface area contributed by atoms with Crippen LogP contribution in [0.5, 0.6) is 11.5 Å². The summed E-state index contributed by atoms with van der Waals surface area (Å²) in [6.07, 6.45) is 3.21. The molecule has 2 aromatic carbocycles. The molecule has 0 aliphatic rings. The van der Waals surface area contributed by atoms with Crippen LogP contribution in [0, 0.1) is 6.92 Å². The number of para-hydroxylation sites is 1. The predicted octanol–water partition coefficient (Wildman–Crippen LogP) is 5.01. The summed E-state index contributed by atoms with van der Waals surface area (Å²) < 4.78 is 6.16. The molecule has 0 saturated heterocycles. The lowest BCUT2D eigenvalue weighted by Crippen LogP contribution is -2.14. The molecule has 0 aliphatic heterocycles. The normalized spacial score (nSPS) is 10.6. The minimum Gasteiger partial charge on any atom is -0.456 e. The van der Waals surface area contributed by atoms with Crippen molar-refractivity contribution < 1.29 is 4.74 Å². The molecular weight excluding hydrogens is 278 g/mol. The molecule has 2 aromatic rings. The summed E-state index contributed by atoms with van der Waals surface area (Å²) in [7, 11) is 0. The number of hydrogen-bond acceptors (Lipinski definition) is 3. The number of hydrogen-bond donors (Lipinski definition) is 1. The van der Waals surface area contributed by atoms with E-state index in [-0.39, 0.29) is 0 Å². The van der Waals surface area contributed by atoms with Crippen LogP contribution in [0.1, 0.15) is 24.5 Å². The lowest BCUT2D eigenvalue weighted by Gasteiger charge is -2.14. The van der Waals surface area contributed by atoms with E-state index in [2.05, 4.69) is 49.7 Å². The van der Waals surface area contributed by atoms with Gasteiger partial charge < -0.3 is 10.1 Å². The zero-order valence-corrected chi connectivity index (χ0v) is 13.8. The smallest absolute Gasteiger partial charge is 0.140 e. The lowest BCUT2D eigenvalue weighted by atomic mass is 10.1. The van der Waals surface area contributed by atoms with E-state index in [1.54, 1.807) is 11.8 Å². The quantitative estimate of drug-likeness (QED) is 0.574. The number of nitrogens with one attached hydrogen (secondary N) is 1. The highest BCUT2D eigenvalue weighted by atomic mass is 32.2. The Bertz CT molecular complexity index is 583. The second-order valence-electron chi connectivity index (χ2n) is 5.04. The van der Waals surface area contributed by atoms with Gasteiger partial charge in [0.2, 0.25) is 0 Å². The number of thioether (sulfide) groups is 1. The lowest BCUT2D eigenvalue weighted by molar-refractivity contribution is 0.462. The Morgan fingerprint density at radius 3 is 2.67 bits per heavy atom. The van der Waals surface area contributed by atoms with Crippen molar-refractivity contribution in [1.82, 2.24) is 5.32 Å². The van der Waals surface area contributed by atoms with Crippen LogP contribution in [0.15, 0.2) is 47.4 Å². The van der Waals surface area contributed by atoms with Gasteiger partial charge in [0.05, 0.1) is 0 Å². The van der Waals surface area contributed by atoms with Gasteiger partial charge >= 0.3 is 0 Å². The van der Waals surface area contributed by atoms with Crippen LogP contribution < -0.4 is 10.1 Å². The molecule has 0 aromatic heterocycles. The van der Waals surface area contributed by atoms with Crippen molar-refractivity contribution in [1.29, 1.82) is 0 Å². The van der Waals surface area contributed by atoms with Crippen molar-refractivity contribution in [3.8, 4) is 11.5 Å². The third-order valence-corrected chi connectivity index (χ3v) is 4.02. The topological polar surface area (TPSA) is 21.3 Å². The Morgan fingerprint density at radius 1 is 1.10 bits per heavy atom. The van der Waals surface area contributed by atoms with Gasteiger partial charge in [0.15, 0.2) is 0 Å². The Labute approximate surface area is 131 Å². The molecule has 0 spiro atoms. The first-order valence-corrected chi connectivity index (χ1v) is 8.58. The highest BCUT2D eigenvalue weighted by Crippen LogP contribution is 2.33. The van der Waals surface area contributed by atoms with E-state index in [0.717, 1.165) is 35.9 Å². The second kappa shape index (κ2) is 8.11. The summed E-state index contributed by atoms with van der Waals surface area (Å²) in [5, 5.41) is 3.45. The monoisotopic (exact) mass is 301 g/mol. The third-order valence-electron chi connectivity index (χ3n) is 3.25. The Kier molecular flexibility index (Phi) is 6.15. The van der Waals surface area contributed by atoms with Crippen LogP contribution in [-0.2, 0) is 6.54 Å². The molecule has 21 heavy (non-hydrogen) atoms. The Balaban J connectivity index is 2.22. The number of benzene rings is 2. The maximum atomic E-state index is 6.16. The van der Waals surface area contributed by atoms with Crippen molar-refractivity contribution in [2.24, 2.45) is 0 Å². The summed E-state index contributed by atoms with van der Waals surface area (Å²) in [5.41, 5.74) is 2.47. The van der Waals surface area contributed by atoms with Crippen molar-refractivity contribution in [2.45, 2.75) is 31.7 Å².